The number of rotatable bonds is 7. The number of nitrogens with zero attached hydrogens (tertiary/aromatic N) is 1. The Balaban J connectivity index is 0.000000243. The van der Waals surface area contributed by atoms with Crippen molar-refractivity contribution in [1.82, 2.24) is 9.88 Å². The molecule has 10 heteroatoms. The maximum atomic E-state index is 10.3. The van der Waals surface area contributed by atoms with E-state index < -0.39 is 36.4 Å². The van der Waals surface area contributed by atoms with Gasteiger partial charge in [-0.3, -0.25) is 14.5 Å². The first-order valence-electron chi connectivity index (χ1n) is 13.3. The van der Waals surface area contributed by atoms with E-state index in [1.54, 1.807) is 5.56 Å². The number of aromatic amines is 1. The third-order valence-corrected chi connectivity index (χ3v) is 9.91. The predicted octanol–water partition coefficient (Wildman–Crippen LogP) is 4.44. The summed E-state index contributed by atoms with van der Waals surface area (Å²) in [5, 5.41) is 35.3. The molecule has 1 aromatic heterocycles. The van der Waals surface area contributed by atoms with Gasteiger partial charge in [0.15, 0.2) is 5.60 Å². The molecule has 1 aliphatic heterocycles. The van der Waals surface area contributed by atoms with E-state index in [9.17, 15) is 14.4 Å². The average Bonchev–Trinajstić information content (AvgIpc) is 3.29. The monoisotopic (exact) mass is 568 g/mol. The molecule has 0 unspecified atom stereocenters. The van der Waals surface area contributed by atoms with Crippen molar-refractivity contribution in [2.45, 2.75) is 60.8 Å². The highest BCUT2D eigenvalue weighted by Gasteiger charge is 2.48. The second-order valence-corrected chi connectivity index (χ2v) is 12.4. The van der Waals surface area contributed by atoms with Crippen LogP contribution in [0.1, 0.15) is 55.3 Å². The van der Waals surface area contributed by atoms with Crippen molar-refractivity contribution >= 4 is 40.6 Å². The van der Waals surface area contributed by atoms with E-state index in [0.29, 0.717) is 0 Å². The largest absolute Gasteiger partial charge is 0.481 e. The van der Waals surface area contributed by atoms with Crippen LogP contribution >= 0.6 is 11.8 Å². The molecule has 5 rings (SSSR count). The van der Waals surface area contributed by atoms with Gasteiger partial charge in [-0.1, -0.05) is 48.5 Å². The van der Waals surface area contributed by atoms with Gasteiger partial charge in [0.1, 0.15) is 0 Å². The molecular formula is C30H36N2O7S. The molecule has 3 aromatic rings. The van der Waals surface area contributed by atoms with Crippen molar-refractivity contribution in [3.05, 3.63) is 71.4 Å². The maximum absolute atomic E-state index is 10.3. The summed E-state index contributed by atoms with van der Waals surface area (Å²) >= 11 is 2.20. The topological polar surface area (TPSA) is 151 Å². The minimum absolute atomic E-state index is 0.163. The number of H-pyrrole nitrogens is 1. The number of thioether (sulfide) groups is 1. The molecule has 1 fully saturated rings. The Morgan fingerprint density at radius 2 is 1.48 bits per heavy atom. The summed E-state index contributed by atoms with van der Waals surface area (Å²) in [5.41, 5.74) is 3.33. The van der Waals surface area contributed by atoms with Crippen LogP contribution in [0.2, 0.25) is 0 Å². The summed E-state index contributed by atoms with van der Waals surface area (Å²) in [6.07, 6.45) is 3.82. The van der Waals surface area contributed by atoms with Gasteiger partial charge >= 0.3 is 17.9 Å². The van der Waals surface area contributed by atoms with Crippen molar-refractivity contribution in [3.63, 3.8) is 0 Å². The van der Waals surface area contributed by atoms with E-state index >= 15 is 0 Å². The van der Waals surface area contributed by atoms with Crippen molar-refractivity contribution in [2.24, 2.45) is 0 Å². The van der Waals surface area contributed by atoms with Gasteiger partial charge < -0.3 is 25.4 Å². The zero-order chi connectivity index (χ0) is 29.1. The molecule has 0 bridgehead atoms. The summed E-state index contributed by atoms with van der Waals surface area (Å²) in [4.78, 5) is 36.8. The number of fused-ring (bicyclic) bond motifs is 4. The fourth-order valence-electron chi connectivity index (χ4n) is 6.19. The number of aliphatic hydroxyl groups is 1. The summed E-state index contributed by atoms with van der Waals surface area (Å²) in [6.45, 7) is 0. The molecule has 214 valence electrons. The van der Waals surface area contributed by atoms with Gasteiger partial charge in [-0.15, -0.1) is 11.8 Å². The molecule has 1 aliphatic carbocycles. The van der Waals surface area contributed by atoms with E-state index in [1.807, 2.05) is 0 Å². The van der Waals surface area contributed by atoms with Crippen LogP contribution in [0, 0.1) is 0 Å². The number of benzene rings is 2. The molecule has 1 saturated carbocycles. The number of carbonyl (C=O) groups is 3. The average molecular weight is 569 g/mol. The maximum Gasteiger partial charge on any atom is 0.336 e. The predicted molar refractivity (Wildman–Crippen MR) is 154 cm³/mol. The molecule has 0 atom stereocenters. The molecule has 0 radical (unpaired) electrons. The summed E-state index contributed by atoms with van der Waals surface area (Å²) in [6, 6.07) is 20.0. The Bertz CT molecular complexity index is 1360. The lowest BCUT2D eigenvalue weighted by atomic mass is 9.70. The molecule has 5 N–H and O–H groups in total. The smallest absolute Gasteiger partial charge is 0.336 e. The van der Waals surface area contributed by atoms with E-state index in [2.05, 4.69) is 90.3 Å². The Kier molecular flexibility index (Phi) is 8.63. The normalized spacial score (nSPS) is 22.4. The number of para-hydroxylation sites is 1. The van der Waals surface area contributed by atoms with E-state index in [-0.39, 0.29) is 10.3 Å². The molecule has 0 amide bonds. The van der Waals surface area contributed by atoms with Gasteiger partial charge in [0.2, 0.25) is 0 Å². The lowest BCUT2D eigenvalue weighted by molar-refractivity contribution is -0.170. The number of hydrogen-bond donors (Lipinski definition) is 5. The highest BCUT2D eigenvalue weighted by molar-refractivity contribution is 8.00. The third-order valence-electron chi connectivity index (χ3n) is 8.34. The van der Waals surface area contributed by atoms with Crippen molar-refractivity contribution in [3.8, 4) is 0 Å². The fourth-order valence-corrected chi connectivity index (χ4v) is 7.70. The van der Waals surface area contributed by atoms with Gasteiger partial charge in [0.25, 0.3) is 0 Å². The van der Waals surface area contributed by atoms with E-state index in [1.165, 1.54) is 60.0 Å². The minimum Gasteiger partial charge on any atom is -0.481 e. The van der Waals surface area contributed by atoms with E-state index in [0.717, 1.165) is 0 Å². The van der Waals surface area contributed by atoms with Crippen LogP contribution in [0.4, 0.5) is 0 Å². The summed E-state index contributed by atoms with van der Waals surface area (Å²) < 4.78 is 0.265. The number of aromatic nitrogens is 1. The molecule has 2 aliphatic rings. The number of nitrogens with one attached hydrogen (secondary N) is 1. The second kappa shape index (κ2) is 11.6. The number of carboxylic acid groups (broad SMARTS) is 3. The number of aryl methyl sites for hydroxylation is 1. The van der Waals surface area contributed by atoms with Gasteiger partial charge in [0.05, 0.1) is 17.6 Å². The first-order chi connectivity index (χ1) is 18.9. The van der Waals surface area contributed by atoms with Crippen LogP contribution in [0.25, 0.3) is 10.9 Å². The first-order valence-corrected chi connectivity index (χ1v) is 14.3. The first kappa shape index (κ1) is 29.6. The van der Waals surface area contributed by atoms with E-state index in [4.69, 9.17) is 20.4 Å². The molecule has 0 saturated heterocycles. The van der Waals surface area contributed by atoms with Gasteiger partial charge in [-0.25, -0.2) is 4.79 Å². The van der Waals surface area contributed by atoms with Crippen LogP contribution in [0.15, 0.2) is 54.6 Å². The van der Waals surface area contributed by atoms with Gasteiger partial charge in [-0.05, 0) is 69.1 Å². The van der Waals surface area contributed by atoms with Crippen LogP contribution in [0.5, 0.6) is 0 Å². The molecule has 9 nitrogen and oxygen atoms in total. The van der Waals surface area contributed by atoms with Crippen LogP contribution in [-0.2, 0) is 31.1 Å². The lowest BCUT2D eigenvalue weighted by Gasteiger charge is -2.50. The number of aliphatic carboxylic acids is 3. The Labute approximate surface area is 237 Å². The standard InChI is InChI=1S/C24H28N2S.C6H8O7/c1-26(2)23(18-8-4-3-5-9-18)13-15-24(16-14-23)22-20(12-17-27-24)19-10-6-7-11-21(19)25-22;7-3(8)1-6(13,5(11)12)2-4(9)10/h3-11,25H,12-17H2,1-2H3;13H,1-2H2,(H,7,8)(H,9,10)(H,11,12). The van der Waals surface area contributed by atoms with Crippen LogP contribution < -0.4 is 0 Å². The zero-order valence-corrected chi connectivity index (χ0v) is 23.5. The zero-order valence-electron chi connectivity index (χ0n) is 22.7. The van der Waals surface area contributed by atoms with Crippen LogP contribution in [0.3, 0.4) is 0 Å². The number of hydrogen-bond acceptors (Lipinski definition) is 6. The minimum atomic E-state index is -2.74. The number of carboxylic acids is 3. The van der Waals surface area contributed by atoms with Gasteiger partial charge in [0, 0.05) is 22.1 Å². The van der Waals surface area contributed by atoms with Crippen molar-refractivity contribution in [1.29, 1.82) is 0 Å². The van der Waals surface area contributed by atoms with Crippen molar-refractivity contribution < 1.29 is 34.8 Å². The summed E-state index contributed by atoms with van der Waals surface area (Å²) in [7, 11) is 4.51. The molecule has 2 aromatic carbocycles. The molecule has 1 spiro atoms. The van der Waals surface area contributed by atoms with Crippen LogP contribution in [-0.4, -0.2) is 73.7 Å². The Hall–Kier alpha value is -3.34. The summed E-state index contributed by atoms with van der Waals surface area (Å²) in [5.74, 6) is -3.77. The second-order valence-electron chi connectivity index (χ2n) is 10.9. The molecule has 40 heavy (non-hydrogen) atoms. The molecular weight excluding hydrogens is 532 g/mol. The third kappa shape index (κ3) is 5.75. The lowest BCUT2D eigenvalue weighted by Crippen LogP contribution is -2.48. The van der Waals surface area contributed by atoms with Gasteiger partial charge in [-0.2, -0.15) is 0 Å². The Morgan fingerprint density at radius 3 is 2.02 bits per heavy atom. The quantitative estimate of drug-likeness (QED) is 0.279. The fraction of sp³-hybridized carbons (Fsp3) is 0.433. The Morgan fingerprint density at radius 1 is 0.900 bits per heavy atom. The SMILES string of the molecule is CN(C)C1(c2ccccc2)CCC2(CC1)SCCc1c2[nH]c2ccccc12.O=C(O)CC(O)(CC(=O)O)C(=O)O. The molecule has 2 heterocycles. The van der Waals surface area contributed by atoms with Crippen molar-refractivity contribution in [2.75, 3.05) is 19.8 Å². The highest BCUT2D eigenvalue weighted by Crippen LogP contribution is 2.57. The highest BCUT2D eigenvalue weighted by atomic mass is 32.2.